The Balaban J connectivity index is 1.79. The Bertz CT molecular complexity index is 893. The lowest BCUT2D eigenvalue weighted by atomic mass is 10.1. The molecule has 0 radical (unpaired) electrons. The van der Waals surface area contributed by atoms with Crippen molar-refractivity contribution in [3.05, 3.63) is 45.3 Å². The van der Waals surface area contributed by atoms with Crippen LogP contribution in [0.15, 0.2) is 27.9 Å². The number of sulfonamides is 1. The van der Waals surface area contributed by atoms with Gasteiger partial charge in [0.15, 0.2) is 0 Å². The standard InChI is InChI=1S/C13H14ClFN4O3S/c14-8-1-3-10(15)11(7-8)23(21,22)18-9-2-4-12-16-17-13(20)19(12)6-5-9/h1,3,7,9,18H,2,4-6H2,(H,17,20). The van der Waals surface area contributed by atoms with Crippen LogP contribution in [0, 0.1) is 5.82 Å². The number of benzene rings is 1. The number of nitrogens with one attached hydrogen (secondary N) is 2. The molecule has 0 saturated carbocycles. The van der Waals surface area contributed by atoms with Gasteiger partial charge >= 0.3 is 5.69 Å². The van der Waals surface area contributed by atoms with E-state index in [-0.39, 0.29) is 10.7 Å². The highest BCUT2D eigenvalue weighted by atomic mass is 35.5. The van der Waals surface area contributed by atoms with Crippen molar-refractivity contribution in [2.45, 2.75) is 36.7 Å². The molecule has 0 fully saturated rings. The van der Waals surface area contributed by atoms with Gasteiger partial charge in [-0.05, 0) is 31.0 Å². The van der Waals surface area contributed by atoms with Gasteiger partial charge in [0.2, 0.25) is 10.0 Å². The third-order valence-electron chi connectivity index (χ3n) is 3.76. The largest absolute Gasteiger partial charge is 0.343 e. The number of hydrogen-bond acceptors (Lipinski definition) is 4. The van der Waals surface area contributed by atoms with Gasteiger partial charge in [0.05, 0.1) is 0 Å². The Labute approximate surface area is 136 Å². The fourth-order valence-electron chi connectivity index (χ4n) is 2.59. The van der Waals surface area contributed by atoms with Crippen molar-refractivity contribution in [3.63, 3.8) is 0 Å². The predicted octanol–water partition coefficient (Wildman–Crippen LogP) is 1.05. The summed E-state index contributed by atoms with van der Waals surface area (Å²) in [6.45, 7) is 0.343. The first-order valence-corrected chi connectivity index (χ1v) is 8.84. The van der Waals surface area contributed by atoms with Gasteiger partial charge in [0, 0.05) is 24.0 Å². The number of aromatic amines is 1. The van der Waals surface area contributed by atoms with Crippen LogP contribution in [0.2, 0.25) is 5.02 Å². The molecular formula is C13H14ClFN4O3S. The number of rotatable bonds is 3. The van der Waals surface area contributed by atoms with Crippen molar-refractivity contribution in [3.8, 4) is 0 Å². The second-order valence-corrected chi connectivity index (χ2v) is 7.44. The summed E-state index contributed by atoms with van der Waals surface area (Å²) in [5, 5.41) is 6.40. The first kappa shape index (κ1) is 16.2. The molecular weight excluding hydrogens is 347 g/mol. The Morgan fingerprint density at radius 3 is 2.96 bits per heavy atom. The summed E-state index contributed by atoms with van der Waals surface area (Å²) in [6.07, 6.45) is 1.32. The summed E-state index contributed by atoms with van der Waals surface area (Å²) in [7, 11) is -4.03. The highest BCUT2D eigenvalue weighted by molar-refractivity contribution is 7.89. The number of nitrogens with zero attached hydrogens (tertiary/aromatic N) is 2. The van der Waals surface area contributed by atoms with Gasteiger partial charge in [0.1, 0.15) is 16.5 Å². The molecule has 2 N–H and O–H groups in total. The fraction of sp³-hybridized carbons (Fsp3) is 0.385. The maximum atomic E-state index is 13.8. The highest BCUT2D eigenvalue weighted by Gasteiger charge is 2.26. The van der Waals surface area contributed by atoms with Crippen molar-refractivity contribution >= 4 is 21.6 Å². The van der Waals surface area contributed by atoms with Gasteiger partial charge in [-0.2, -0.15) is 5.10 Å². The number of hydrogen-bond donors (Lipinski definition) is 2. The van der Waals surface area contributed by atoms with E-state index < -0.39 is 26.8 Å². The average Bonchev–Trinajstić information content (AvgIpc) is 2.72. The van der Waals surface area contributed by atoms with Crippen molar-refractivity contribution in [2.75, 3.05) is 0 Å². The molecule has 1 aromatic carbocycles. The Hall–Kier alpha value is -1.71. The smallest absolute Gasteiger partial charge is 0.279 e. The number of fused-ring (bicyclic) bond motifs is 1. The lowest BCUT2D eigenvalue weighted by molar-refractivity contribution is 0.489. The molecule has 1 aromatic heterocycles. The third kappa shape index (κ3) is 3.31. The lowest BCUT2D eigenvalue weighted by Gasteiger charge is -2.16. The molecule has 1 aliphatic rings. The third-order valence-corrected chi connectivity index (χ3v) is 5.53. The molecule has 7 nitrogen and oxygen atoms in total. The minimum absolute atomic E-state index is 0.138. The summed E-state index contributed by atoms with van der Waals surface area (Å²) in [5.74, 6) is -0.273. The Kier molecular flexibility index (Phi) is 4.26. The lowest BCUT2D eigenvalue weighted by Crippen LogP contribution is -2.36. The molecule has 1 unspecified atom stereocenters. The van der Waals surface area contributed by atoms with E-state index >= 15 is 0 Å². The van der Waals surface area contributed by atoms with E-state index in [9.17, 15) is 17.6 Å². The zero-order valence-corrected chi connectivity index (χ0v) is 13.5. The number of aryl methyl sites for hydroxylation is 1. The van der Waals surface area contributed by atoms with Crippen LogP contribution in [0.1, 0.15) is 18.7 Å². The average molecular weight is 361 g/mol. The SMILES string of the molecule is O=c1[nH]nc2n1CCC(NS(=O)(=O)c1cc(Cl)ccc1F)CC2. The molecule has 0 saturated heterocycles. The van der Waals surface area contributed by atoms with Crippen molar-refractivity contribution in [2.24, 2.45) is 0 Å². The molecule has 10 heteroatoms. The second kappa shape index (κ2) is 6.06. The summed E-state index contributed by atoms with van der Waals surface area (Å²) in [6, 6.07) is 2.96. The maximum absolute atomic E-state index is 13.8. The van der Waals surface area contributed by atoms with Crippen LogP contribution in [0.5, 0.6) is 0 Å². The molecule has 0 aliphatic carbocycles. The Morgan fingerprint density at radius 1 is 1.39 bits per heavy atom. The molecule has 1 aliphatic heterocycles. The van der Waals surface area contributed by atoms with Crippen LogP contribution < -0.4 is 10.4 Å². The van der Waals surface area contributed by atoms with E-state index in [4.69, 9.17) is 11.6 Å². The molecule has 2 heterocycles. The fourth-order valence-corrected chi connectivity index (χ4v) is 4.23. The minimum Gasteiger partial charge on any atom is -0.279 e. The van der Waals surface area contributed by atoms with Crippen LogP contribution in [0.4, 0.5) is 4.39 Å². The van der Waals surface area contributed by atoms with Crippen LogP contribution in [0.25, 0.3) is 0 Å². The van der Waals surface area contributed by atoms with Crippen molar-refractivity contribution in [1.29, 1.82) is 0 Å². The molecule has 1 atom stereocenters. The molecule has 0 spiro atoms. The molecule has 124 valence electrons. The van der Waals surface area contributed by atoms with Crippen LogP contribution in [0.3, 0.4) is 0 Å². The first-order chi connectivity index (χ1) is 10.9. The van der Waals surface area contributed by atoms with E-state index in [0.717, 1.165) is 12.1 Å². The van der Waals surface area contributed by atoms with E-state index in [1.54, 1.807) is 0 Å². The minimum atomic E-state index is -4.03. The molecule has 0 bridgehead atoms. The van der Waals surface area contributed by atoms with Gasteiger partial charge in [-0.3, -0.25) is 4.57 Å². The van der Waals surface area contributed by atoms with Crippen LogP contribution in [-0.4, -0.2) is 29.2 Å². The first-order valence-electron chi connectivity index (χ1n) is 6.98. The topological polar surface area (TPSA) is 96.8 Å². The number of halogens is 2. The summed E-state index contributed by atoms with van der Waals surface area (Å²) in [4.78, 5) is 11.1. The maximum Gasteiger partial charge on any atom is 0.343 e. The van der Waals surface area contributed by atoms with Gasteiger partial charge in [-0.1, -0.05) is 11.6 Å². The van der Waals surface area contributed by atoms with E-state index in [1.807, 2.05) is 0 Å². The number of aromatic nitrogens is 3. The second-order valence-electron chi connectivity index (χ2n) is 5.32. The highest BCUT2D eigenvalue weighted by Crippen LogP contribution is 2.21. The molecule has 2 aromatic rings. The van der Waals surface area contributed by atoms with Crippen LogP contribution in [-0.2, 0) is 23.0 Å². The molecule has 23 heavy (non-hydrogen) atoms. The van der Waals surface area contributed by atoms with E-state index in [1.165, 1.54) is 10.6 Å². The predicted molar refractivity (Wildman–Crippen MR) is 81.3 cm³/mol. The van der Waals surface area contributed by atoms with Crippen molar-refractivity contribution < 1.29 is 12.8 Å². The monoisotopic (exact) mass is 360 g/mol. The van der Waals surface area contributed by atoms with Gasteiger partial charge in [-0.15, -0.1) is 0 Å². The van der Waals surface area contributed by atoms with Gasteiger partial charge in [0.25, 0.3) is 0 Å². The van der Waals surface area contributed by atoms with Crippen molar-refractivity contribution in [1.82, 2.24) is 19.5 Å². The Morgan fingerprint density at radius 2 is 2.17 bits per heavy atom. The number of H-pyrrole nitrogens is 1. The summed E-state index contributed by atoms with van der Waals surface area (Å²) >= 11 is 5.75. The van der Waals surface area contributed by atoms with Gasteiger partial charge < -0.3 is 0 Å². The molecule has 3 rings (SSSR count). The zero-order chi connectivity index (χ0) is 16.6. The van der Waals surface area contributed by atoms with Crippen LogP contribution >= 0.6 is 11.6 Å². The van der Waals surface area contributed by atoms with E-state index in [2.05, 4.69) is 14.9 Å². The molecule has 0 amide bonds. The zero-order valence-electron chi connectivity index (χ0n) is 11.9. The summed E-state index contributed by atoms with van der Waals surface area (Å²) < 4.78 is 42.5. The normalized spacial score (nSPS) is 18.4. The van der Waals surface area contributed by atoms with E-state index in [0.29, 0.717) is 31.6 Å². The summed E-state index contributed by atoms with van der Waals surface area (Å²) in [5.41, 5.74) is -0.315. The quantitative estimate of drug-likeness (QED) is 0.854. The van der Waals surface area contributed by atoms with Gasteiger partial charge in [-0.25, -0.2) is 27.4 Å².